The lowest BCUT2D eigenvalue weighted by molar-refractivity contribution is 0.158. The Morgan fingerprint density at radius 1 is 1.26 bits per heavy atom. The van der Waals surface area contributed by atoms with Crippen LogP contribution in [0.4, 0.5) is 4.79 Å². The van der Waals surface area contributed by atoms with Gasteiger partial charge in [-0.1, -0.05) is 19.3 Å². The molecule has 0 aromatic carbocycles. The van der Waals surface area contributed by atoms with Crippen molar-refractivity contribution in [1.29, 1.82) is 0 Å². The van der Waals surface area contributed by atoms with E-state index in [0.717, 1.165) is 51.1 Å². The van der Waals surface area contributed by atoms with Crippen molar-refractivity contribution in [2.75, 3.05) is 13.1 Å². The zero-order valence-electron chi connectivity index (χ0n) is 14.2. The number of carbonyl (C=O) groups excluding carboxylic acids is 1. The van der Waals surface area contributed by atoms with Crippen LogP contribution in [0.25, 0.3) is 0 Å². The van der Waals surface area contributed by atoms with Gasteiger partial charge in [0.25, 0.3) is 0 Å². The second kappa shape index (κ2) is 7.79. The fraction of sp³-hybridized carbons (Fsp3) is 0.824. The van der Waals surface area contributed by atoms with Crippen LogP contribution in [0.3, 0.4) is 0 Å². The molecular weight excluding hydrogens is 290 g/mol. The Bertz CT molecular complexity index is 509. The summed E-state index contributed by atoms with van der Waals surface area (Å²) in [6.07, 6.45) is 11.1. The normalized spacial score (nSPS) is 23.0. The first kappa shape index (κ1) is 16.3. The number of rotatable bonds is 4. The van der Waals surface area contributed by atoms with Crippen LogP contribution in [0.5, 0.6) is 0 Å². The summed E-state index contributed by atoms with van der Waals surface area (Å²) < 4.78 is 2.10. The van der Waals surface area contributed by atoms with E-state index in [1.165, 1.54) is 25.7 Å². The summed E-state index contributed by atoms with van der Waals surface area (Å²) in [6, 6.07) is 0.526. The van der Waals surface area contributed by atoms with E-state index in [-0.39, 0.29) is 6.03 Å². The molecule has 2 heterocycles. The number of urea groups is 1. The topological polar surface area (TPSA) is 63.1 Å². The molecule has 3 rings (SSSR count). The van der Waals surface area contributed by atoms with Crippen molar-refractivity contribution < 1.29 is 4.79 Å². The van der Waals surface area contributed by atoms with Crippen LogP contribution < -0.4 is 5.32 Å². The molecule has 1 aliphatic carbocycles. The number of hydrogen-bond acceptors (Lipinski definition) is 3. The van der Waals surface area contributed by atoms with Gasteiger partial charge in [-0.2, -0.15) is 0 Å². The van der Waals surface area contributed by atoms with Gasteiger partial charge >= 0.3 is 6.03 Å². The third-order valence-electron chi connectivity index (χ3n) is 5.25. The minimum atomic E-state index is 0.138. The molecule has 2 fully saturated rings. The van der Waals surface area contributed by atoms with Gasteiger partial charge < -0.3 is 14.8 Å². The van der Waals surface area contributed by atoms with Crippen molar-refractivity contribution in [1.82, 2.24) is 25.0 Å². The highest BCUT2D eigenvalue weighted by atomic mass is 16.2. The smallest absolute Gasteiger partial charge is 0.317 e. The number of nitrogens with one attached hydrogen (secondary N) is 1. The number of amides is 2. The Hall–Kier alpha value is -1.59. The summed E-state index contributed by atoms with van der Waals surface area (Å²) in [5.74, 6) is 1.54. The number of nitrogens with zero attached hydrogens (tertiary/aromatic N) is 4. The number of carbonyl (C=O) groups is 1. The Kier molecular flexibility index (Phi) is 5.51. The summed E-state index contributed by atoms with van der Waals surface area (Å²) in [7, 11) is 0. The van der Waals surface area contributed by atoms with Gasteiger partial charge in [0.2, 0.25) is 0 Å². The molecule has 1 unspecified atom stereocenters. The van der Waals surface area contributed by atoms with E-state index in [9.17, 15) is 4.79 Å². The highest BCUT2D eigenvalue weighted by Gasteiger charge is 2.26. The van der Waals surface area contributed by atoms with Crippen molar-refractivity contribution in [3.8, 4) is 0 Å². The molecule has 2 aliphatic rings. The zero-order valence-corrected chi connectivity index (χ0v) is 14.2. The van der Waals surface area contributed by atoms with E-state index in [2.05, 4.69) is 27.0 Å². The van der Waals surface area contributed by atoms with Crippen LogP contribution in [0.1, 0.15) is 57.7 Å². The van der Waals surface area contributed by atoms with Gasteiger partial charge in [-0.15, -0.1) is 10.2 Å². The first-order chi connectivity index (χ1) is 11.3. The predicted molar refractivity (Wildman–Crippen MR) is 89.1 cm³/mol. The summed E-state index contributed by atoms with van der Waals surface area (Å²) in [5, 5.41) is 11.5. The Balaban J connectivity index is 1.52. The summed E-state index contributed by atoms with van der Waals surface area (Å²) in [4.78, 5) is 14.5. The molecule has 1 saturated heterocycles. The molecule has 1 N–H and O–H groups in total. The standard InChI is InChI=1S/C17H29N5O/c1-2-21-13-18-20-16(21)11-14-7-6-10-22(12-14)17(23)19-15-8-4-3-5-9-15/h13-15H,2-12H2,1H3,(H,19,23). The minimum absolute atomic E-state index is 0.138. The molecule has 23 heavy (non-hydrogen) atoms. The molecular formula is C17H29N5O. The number of likely N-dealkylation sites (tertiary alicyclic amines) is 1. The maximum atomic E-state index is 12.5. The van der Waals surface area contributed by atoms with Crippen LogP contribution >= 0.6 is 0 Å². The quantitative estimate of drug-likeness (QED) is 0.928. The van der Waals surface area contributed by atoms with E-state index < -0.39 is 0 Å². The zero-order chi connectivity index (χ0) is 16.1. The highest BCUT2D eigenvalue weighted by molar-refractivity contribution is 5.74. The van der Waals surface area contributed by atoms with Crippen LogP contribution in [0, 0.1) is 5.92 Å². The van der Waals surface area contributed by atoms with E-state index in [1.54, 1.807) is 6.33 Å². The van der Waals surface area contributed by atoms with Crippen molar-refractivity contribution in [3.63, 3.8) is 0 Å². The van der Waals surface area contributed by atoms with E-state index in [0.29, 0.717) is 12.0 Å². The molecule has 1 aromatic rings. The molecule has 6 heteroatoms. The van der Waals surface area contributed by atoms with Gasteiger partial charge in [0.05, 0.1) is 0 Å². The Labute approximate surface area is 138 Å². The van der Waals surface area contributed by atoms with E-state index in [1.807, 2.05) is 4.90 Å². The van der Waals surface area contributed by atoms with Gasteiger partial charge in [-0.25, -0.2) is 4.79 Å². The first-order valence-corrected chi connectivity index (χ1v) is 9.18. The summed E-state index contributed by atoms with van der Waals surface area (Å²) in [5.41, 5.74) is 0. The van der Waals surface area contributed by atoms with Gasteiger partial charge in [-0.05, 0) is 38.5 Å². The van der Waals surface area contributed by atoms with Crippen LogP contribution in [0.15, 0.2) is 6.33 Å². The van der Waals surface area contributed by atoms with Crippen LogP contribution in [0.2, 0.25) is 0 Å². The molecule has 1 saturated carbocycles. The average Bonchev–Trinajstić information content (AvgIpc) is 3.03. The van der Waals surface area contributed by atoms with Crippen molar-refractivity contribution in [2.45, 2.75) is 70.9 Å². The predicted octanol–water partition coefficient (Wildman–Crippen LogP) is 2.59. The number of aromatic nitrogens is 3. The molecule has 0 spiro atoms. The molecule has 6 nitrogen and oxygen atoms in total. The molecule has 128 valence electrons. The molecule has 0 radical (unpaired) electrons. The highest BCUT2D eigenvalue weighted by Crippen LogP contribution is 2.22. The third-order valence-corrected chi connectivity index (χ3v) is 5.25. The monoisotopic (exact) mass is 319 g/mol. The lowest BCUT2D eigenvalue weighted by atomic mass is 9.94. The molecule has 1 atom stereocenters. The van der Waals surface area contributed by atoms with Crippen molar-refractivity contribution in [3.05, 3.63) is 12.2 Å². The third kappa shape index (κ3) is 4.24. The molecule has 2 amide bonds. The number of hydrogen-bond donors (Lipinski definition) is 1. The molecule has 1 aliphatic heterocycles. The maximum absolute atomic E-state index is 12.5. The van der Waals surface area contributed by atoms with Gasteiger partial charge in [0.1, 0.15) is 12.2 Å². The van der Waals surface area contributed by atoms with Gasteiger partial charge in [-0.3, -0.25) is 0 Å². The molecule has 1 aromatic heterocycles. The van der Waals surface area contributed by atoms with Gasteiger partial charge in [0, 0.05) is 32.1 Å². The maximum Gasteiger partial charge on any atom is 0.317 e. The lowest BCUT2D eigenvalue weighted by Crippen LogP contribution is -2.49. The lowest BCUT2D eigenvalue weighted by Gasteiger charge is -2.34. The van der Waals surface area contributed by atoms with Gasteiger partial charge in [0.15, 0.2) is 0 Å². The van der Waals surface area contributed by atoms with Crippen LogP contribution in [-0.2, 0) is 13.0 Å². The second-order valence-corrected chi connectivity index (χ2v) is 6.98. The molecule has 0 bridgehead atoms. The van der Waals surface area contributed by atoms with Crippen molar-refractivity contribution in [2.24, 2.45) is 5.92 Å². The fourth-order valence-corrected chi connectivity index (χ4v) is 3.89. The SMILES string of the molecule is CCn1cnnc1CC1CCCN(C(=O)NC2CCCCC2)C1. The van der Waals surface area contributed by atoms with E-state index >= 15 is 0 Å². The van der Waals surface area contributed by atoms with Crippen molar-refractivity contribution >= 4 is 6.03 Å². The fourth-order valence-electron chi connectivity index (χ4n) is 3.89. The Morgan fingerprint density at radius 3 is 2.87 bits per heavy atom. The number of aryl methyl sites for hydroxylation is 1. The van der Waals surface area contributed by atoms with Crippen LogP contribution in [-0.4, -0.2) is 44.8 Å². The average molecular weight is 319 g/mol. The Morgan fingerprint density at radius 2 is 2.09 bits per heavy atom. The second-order valence-electron chi connectivity index (χ2n) is 6.98. The summed E-state index contributed by atoms with van der Waals surface area (Å²) >= 11 is 0. The minimum Gasteiger partial charge on any atom is -0.335 e. The number of piperidine rings is 1. The summed E-state index contributed by atoms with van der Waals surface area (Å²) in [6.45, 7) is 4.74. The largest absolute Gasteiger partial charge is 0.335 e. The van der Waals surface area contributed by atoms with E-state index in [4.69, 9.17) is 0 Å². The first-order valence-electron chi connectivity index (χ1n) is 9.18.